The van der Waals surface area contributed by atoms with E-state index in [4.69, 9.17) is 17.3 Å². The van der Waals surface area contributed by atoms with E-state index < -0.39 is 0 Å². The van der Waals surface area contributed by atoms with Crippen molar-refractivity contribution in [1.29, 1.82) is 0 Å². The van der Waals surface area contributed by atoms with Gasteiger partial charge in [0.1, 0.15) is 5.02 Å². The molecule has 2 N–H and O–H groups in total. The van der Waals surface area contributed by atoms with Crippen LogP contribution in [0.25, 0.3) is 0 Å². The molecule has 0 spiro atoms. The number of aromatic nitrogens is 3. The van der Waals surface area contributed by atoms with Crippen molar-refractivity contribution in [3.8, 4) is 0 Å². The van der Waals surface area contributed by atoms with Crippen molar-refractivity contribution >= 4 is 34.7 Å². The Morgan fingerprint density at radius 3 is 2.88 bits per heavy atom. The van der Waals surface area contributed by atoms with Gasteiger partial charge in [-0.15, -0.1) is 11.3 Å². The summed E-state index contributed by atoms with van der Waals surface area (Å²) in [6, 6.07) is 0. The molecule has 2 aromatic heterocycles. The van der Waals surface area contributed by atoms with Crippen LogP contribution in [0.2, 0.25) is 5.02 Å². The minimum absolute atomic E-state index is 0.220. The molecule has 2 heterocycles. The van der Waals surface area contributed by atoms with Gasteiger partial charge in [0, 0.05) is 11.9 Å². The highest BCUT2D eigenvalue weighted by Crippen LogP contribution is 2.24. The van der Waals surface area contributed by atoms with Crippen molar-refractivity contribution in [2.24, 2.45) is 0 Å². The maximum absolute atomic E-state index is 6.04. The van der Waals surface area contributed by atoms with Crippen molar-refractivity contribution in [2.75, 3.05) is 17.7 Å². The summed E-state index contributed by atoms with van der Waals surface area (Å²) in [6.07, 6.45) is 1.51. The van der Waals surface area contributed by atoms with Gasteiger partial charge in [-0.1, -0.05) is 11.6 Å². The second-order valence-corrected chi connectivity index (χ2v) is 4.96. The second-order valence-electron chi connectivity index (χ2n) is 3.62. The fraction of sp³-hybridized carbons (Fsp3) is 0.300. The third kappa shape index (κ3) is 2.65. The van der Waals surface area contributed by atoms with Crippen LogP contribution in [0.5, 0.6) is 0 Å². The normalized spacial score (nSPS) is 10.5. The molecule has 0 amide bonds. The van der Waals surface area contributed by atoms with E-state index in [1.807, 2.05) is 24.4 Å². The van der Waals surface area contributed by atoms with Crippen LogP contribution in [0, 0.1) is 6.92 Å². The second kappa shape index (κ2) is 4.85. The fourth-order valence-corrected chi connectivity index (χ4v) is 2.47. The first-order valence-electron chi connectivity index (χ1n) is 4.96. The average Bonchev–Trinajstić information content (AvgIpc) is 2.68. The Morgan fingerprint density at radius 2 is 2.24 bits per heavy atom. The van der Waals surface area contributed by atoms with Gasteiger partial charge in [-0.25, -0.2) is 9.97 Å². The van der Waals surface area contributed by atoms with Crippen molar-refractivity contribution in [3.05, 3.63) is 27.3 Å². The number of nitrogens with two attached hydrogens (primary N) is 1. The first kappa shape index (κ1) is 12.1. The van der Waals surface area contributed by atoms with Crippen molar-refractivity contribution in [1.82, 2.24) is 15.0 Å². The van der Waals surface area contributed by atoms with Crippen LogP contribution in [-0.4, -0.2) is 22.0 Å². The maximum Gasteiger partial charge on any atom is 0.222 e. The third-order valence-electron chi connectivity index (χ3n) is 2.33. The number of thiazole rings is 1. The van der Waals surface area contributed by atoms with Crippen LogP contribution in [0.3, 0.4) is 0 Å². The first-order chi connectivity index (χ1) is 8.08. The van der Waals surface area contributed by atoms with Crippen LogP contribution < -0.4 is 10.6 Å². The van der Waals surface area contributed by atoms with Crippen LogP contribution in [0.15, 0.2) is 11.7 Å². The standard InChI is InChI=1S/C10H12ClN5S/c1-6-8(17-5-14-6)4-16(2)9-7(11)3-13-10(12)15-9/h3,5H,4H2,1-2H3,(H2,12,13,15). The molecule has 0 aliphatic rings. The van der Waals surface area contributed by atoms with Gasteiger partial charge >= 0.3 is 0 Å². The van der Waals surface area contributed by atoms with Gasteiger partial charge in [0.25, 0.3) is 0 Å². The van der Waals surface area contributed by atoms with Crippen LogP contribution in [0.4, 0.5) is 11.8 Å². The maximum atomic E-state index is 6.04. The van der Waals surface area contributed by atoms with E-state index >= 15 is 0 Å². The van der Waals surface area contributed by atoms with E-state index in [0.29, 0.717) is 17.4 Å². The molecule has 0 aliphatic carbocycles. The molecule has 0 saturated carbocycles. The lowest BCUT2D eigenvalue weighted by atomic mass is 10.3. The molecule has 0 saturated heterocycles. The zero-order chi connectivity index (χ0) is 12.4. The highest BCUT2D eigenvalue weighted by Gasteiger charge is 2.12. The van der Waals surface area contributed by atoms with E-state index in [2.05, 4.69) is 15.0 Å². The quantitative estimate of drug-likeness (QED) is 0.924. The predicted molar refractivity (Wildman–Crippen MR) is 70.4 cm³/mol. The summed E-state index contributed by atoms with van der Waals surface area (Å²) < 4.78 is 0. The molecule has 2 rings (SSSR count). The van der Waals surface area contributed by atoms with E-state index in [-0.39, 0.29) is 5.95 Å². The van der Waals surface area contributed by atoms with Crippen LogP contribution in [0.1, 0.15) is 10.6 Å². The molecule has 0 aromatic carbocycles. The lowest BCUT2D eigenvalue weighted by molar-refractivity contribution is 0.897. The summed E-state index contributed by atoms with van der Waals surface area (Å²) in [5.41, 5.74) is 8.41. The van der Waals surface area contributed by atoms with Crippen molar-refractivity contribution in [2.45, 2.75) is 13.5 Å². The Labute approximate surface area is 108 Å². The Morgan fingerprint density at radius 1 is 1.47 bits per heavy atom. The summed E-state index contributed by atoms with van der Waals surface area (Å²) in [7, 11) is 1.91. The van der Waals surface area contributed by atoms with E-state index in [1.54, 1.807) is 11.3 Å². The largest absolute Gasteiger partial charge is 0.368 e. The molecule has 0 fully saturated rings. The minimum atomic E-state index is 0.220. The van der Waals surface area contributed by atoms with E-state index in [0.717, 1.165) is 5.69 Å². The predicted octanol–water partition coefficient (Wildman–Crippen LogP) is 2.11. The molecular weight excluding hydrogens is 258 g/mol. The molecule has 17 heavy (non-hydrogen) atoms. The number of rotatable bonds is 3. The summed E-state index contributed by atoms with van der Waals surface area (Å²) in [4.78, 5) is 15.3. The molecular formula is C10H12ClN5S. The van der Waals surface area contributed by atoms with Gasteiger partial charge in [0.05, 0.1) is 23.9 Å². The number of anilines is 2. The number of nitrogen functional groups attached to an aromatic ring is 1. The SMILES string of the molecule is Cc1ncsc1CN(C)c1nc(N)ncc1Cl. The molecule has 7 heteroatoms. The first-order valence-corrected chi connectivity index (χ1v) is 6.22. The molecule has 0 radical (unpaired) electrons. The zero-order valence-electron chi connectivity index (χ0n) is 9.51. The Bertz CT molecular complexity index is 527. The number of hydrogen-bond donors (Lipinski definition) is 1. The summed E-state index contributed by atoms with van der Waals surface area (Å²) in [5, 5.41) is 0.490. The summed E-state index contributed by atoms with van der Waals surface area (Å²) in [6.45, 7) is 2.68. The highest BCUT2D eigenvalue weighted by atomic mass is 35.5. The molecule has 2 aromatic rings. The highest BCUT2D eigenvalue weighted by molar-refractivity contribution is 7.09. The molecule has 0 aliphatic heterocycles. The Hall–Kier alpha value is -1.40. The fourth-order valence-electron chi connectivity index (χ4n) is 1.41. The zero-order valence-corrected chi connectivity index (χ0v) is 11.1. The molecule has 0 bridgehead atoms. The monoisotopic (exact) mass is 269 g/mol. The molecule has 0 atom stereocenters. The van der Waals surface area contributed by atoms with Crippen molar-refractivity contribution in [3.63, 3.8) is 0 Å². The van der Waals surface area contributed by atoms with Gasteiger partial charge in [-0.05, 0) is 6.92 Å². The van der Waals surface area contributed by atoms with E-state index in [1.165, 1.54) is 11.1 Å². The molecule has 5 nitrogen and oxygen atoms in total. The molecule has 90 valence electrons. The van der Waals surface area contributed by atoms with Gasteiger partial charge in [0.15, 0.2) is 5.82 Å². The minimum Gasteiger partial charge on any atom is -0.368 e. The Kier molecular flexibility index (Phi) is 3.44. The number of halogens is 1. The average molecular weight is 270 g/mol. The van der Waals surface area contributed by atoms with Crippen LogP contribution >= 0.6 is 22.9 Å². The molecule has 0 unspecified atom stereocenters. The van der Waals surface area contributed by atoms with Crippen molar-refractivity contribution < 1.29 is 0 Å². The Balaban J connectivity index is 2.23. The van der Waals surface area contributed by atoms with Gasteiger partial charge in [-0.2, -0.15) is 4.98 Å². The van der Waals surface area contributed by atoms with Crippen LogP contribution in [-0.2, 0) is 6.54 Å². The summed E-state index contributed by atoms with van der Waals surface area (Å²) >= 11 is 7.65. The van der Waals surface area contributed by atoms with Gasteiger partial charge < -0.3 is 10.6 Å². The number of aryl methyl sites for hydroxylation is 1. The smallest absolute Gasteiger partial charge is 0.222 e. The third-order valence-corrected chi connectivity index (χ3v) is 3.52. The number of nitrogens with zero attached hydrogens (tertiary/aromatic N) is 4. The number of hydrogen-bond acceptors (Lipinski definition) is 6. The summed E-state index contributed by atoms with van der Waals surface area (Å²) in [5.74, 6) is 0.851. The topological polar surface area (TPSA) is 67.9 Å². The lowest BCUT2D eigenvalue weighted by Crippen LogP contribution is -2.18. The van der Waals surface area contributed by atoms with Gasteiger partial charge in [-0.3, -0.25) is 0 Å². The lowest BCUT2D eigenvalue weighted by Gasteiger charge is -2.18. The van der Waals surface area contributed by atoms with E-state index in [9.17, 15) is 0 Å². The van der Waals surface area contributed by atoms with Gasteiger partial charge in [0.2, 0.25) is 5.95 Å².